The fourth-order valence-corrected chi connectivity index (χ4v) is 4.07. The first-order valence-corrected chi connectivity index (χ1v) is 8.34. The van der Waals surface area contributed by atoms with E-state index in [0.717, 1.165) is 19.8 Å². The Morgan fingerprint density at radius 3 is 2.09 bits per heavy atom. The van der Waals surface area contributed by atoms with Gasteiger partial charge in [0.15, 0.2) is 0 Å². The third-order valence-electron chi connectivity index (χ3n) is 2.46. The molecular weight excluding hydrogens is 344 g/mol. The number of thioether (sulfide) groups is 1. The van der Waals surface area contributed by atoms with Crippen molar-refractivity contribution in [2.75, 3.05) is 14.2 Å². The molecule has 0 aliphatic carbocycles. The van der Waals surface area contributed by atoms with Gasteiger partial charge in [-0.05, 0) is 19.1 Å². The minimum atomic E-state index is -5.21. The minimum Gasteiger partial charge on any atom is -0.431 e. The average molecular weight is 358 g/mol. The molecule has 0 N–H and O–H groups in total. The second-order valence-corrected chi connectivity index (χ2v) is 7.81. The van der Waals surface area contributed by atoms with Crippen LogP contribution in [-0.2, 0) is 23.1 Å². The maximum atomic E-state index is 12.3. The van der Waals surface area contributed by atoms with Gasteiger partial charge in [0.1, 0.15) is 0 Å². The van der Waals surface area contributed by atoms with E-state index < -0.39 is 24.9 Å². The molecule has 0 amide bonds. The van der Waals surface area contributed by atoms with Gasteiger partial charge in [-0.3, -0.25) is 4.57 Å². The van der Waals surface area contributed by atoms with Crippen molar-refractivity contribution in [2.24, 2.45) is 0 Å². The van der Waals surface area contributed by atoms with E-state index >= 15 is 0 Å². The van der Waals surface area contributed by atoms with Crippen molar-refractivity contribution in [3.63, 3.8) is 0 Å². The molecule has 0 saturated carbocycles. The van der Waals surface area contributed by atoms with Crippen LogP contribution in [0, 0.1) is 6.92 Å². The molecule has 0 saturated heterocycles. The van der Waals surface area contributed by atoms with Gasteiger partial charge < -0.3 is 13.8 Å². The van der Waals surface area contributed by atoms with Gasteiger partial charge in [0.2, 0.25) is 0 Å². The topological polar surface area (TPSA) is 61.8 Å². The molecule has 0 aliphatic rings. The average Bonchev–Trinajstić information content (AvgIpc) is 2.46. The highest BCUT2D eigenvalue weighted by atomic mass is 32.2. The predicted molar refractivity (Wildman–Crippen MR) is 74.6 cm³/mol. The van der Waals surface area contributed by atoms with Gasteiger partial charge in [0.25, 0.3) is 5.18 Å². The van der Waals surface area contributed by atoms with Gasteiger partial charge in [-0.2, -0.15) is 13.2 Å². The predicted octanol–water partition coefficient (Wildman–Crippen LogP) is 3.96. The van der Waals surface area contributed by atoms with Crippen LogP contribution in [0.3, 0.4) is 0 Å². The highest BCUT2D eigenvalue weighted by molar-refractivity contribution is 8.05. The van der Waals surface area contributed by atoms with Crippen LogP contribution in [0.4, 0.5) is 13.2 Å². The number of benzene rings is 1. The first kappa shape index (κ1) is 19.0. The van der Waals surface area contributed by atoms with Crippen LogP contribution in [0.25, 0.3) is 0 Å². The van der Waals surface area contributed by atoms with Gasteiger partial charge in [-0.1, -0.05) is 29.5 Å². The molecule has 0 aromatic heterocycles. The molecule has 1 atom stereocenters. The van der Waals surface area contributed by atoms with Gasteiger partial charge >= 0.3 is 19.7 Å². The van der Waals surface area contributed by atoms with Gasteiger partial charge in [-0.25, -0.2) is 4.79 Å². The van der Waals surface area contributed by atoms with E-state index in [0.29, 0.717) is 16.7 Å². The Morgan fingerprint density at radius 2 is 1.68 bits per heavy atom. The SMILES string of the molecule is COP(=O)(OC)C(OC(=O)C(F)(F)F)Sc1ccc(C)cc1. The molecular formula is C12H14F3O5PS. The third kappa shape index (κ3) is 5.01. The van der Waals surface area contributed by atoms with Crippen LogP contribution in [0.2, 0.25) is 0 Å². The number of ether oxygens (including phenoxy) is 1. The van der Waals surface area contributed by atoms with Crippen molar-refractivity contribution >= 4 is 25.3 Å². The number of halogens is 3. The number of hydrogen-bond donors (Lipinski definition) is 0. The summed E-state index contributed by atoms with van der Waals surface area (Å²) in [4.78, 5) is 11.4. The van der Waals surface area contributed by atoms with Crippen LogP contribution < -0.4 is 0 Å². The summed E-state index contributed by atoms with van der Waals surface area (Å²) in [5, 5.41) is -1.78. The summed E-state index contributed by atoms with van der Waals surface area (Å²) in [6.45, 7) is 1.82. The van der Waals surface area contributed by atoms with Crippen LogP contribution in [0.5, 0.6) is 0 Å². The van der Waals surface area contributed by atoms with E-state index in [-0.39, 0.29) is 0 Å². The summed E-state index contributed by atoms with van der Waals surface area (Å²) in [5.41, 5.74) is 0.926. The van der Waals surface area contributed by atoms with Crippen molar-refractivity contribution in [1.82, 2.24) is 0 Å². The van der Waals surface area contributed by atoms with E-state index in [1.54, 1.807) is 24.3 Å². The first-order valence-electron chi connectivity index (χ1n) is 5.84. The molecule has 10 heteroatoms. The Bertz CT molecular complexity index is 553. The number of carbonyl (C=O) groups is 1. The summed E-state index contributed by atoms with van der Waals surface area (Å²) in [6, 6.07) is 6.58. The van der Waals surface area contributed by atoms with E-state index in [1.807, 2.05) is 6.92 Å². The molecule has 1 unspecified atom stereocenters. The molecule has 0 fully saturated rings. The third-order valence-corrected chi connectivity index (χ3v) is 6.04. The molecule has 22 heavy (non-hydrogen) atoms. The number of hydrogen-bond acceptors (Lipinski definition) is 6. The summed E-state index contributed by atoms with van der Waals surface area (Å²) >= 11 is 0.642. The molecule has 1 aromatic carbocycles. The first-order chi connectivity index (χ1) is 10.1. The lowest BCUT2D eigenvalue weighted by Gasteiger charge is -2.24. The Kier molecular flexibility index (Phi) is 6.49. The maximum Gasteiger partial charge on any atom is 0.490 e. The zero-order valence-electron chi connectivity index (χ0n) is 11.9. The molecule has 0 spiro atoms. The van der Waals surface area contributed by atoms with Crippen molar-refractivity contribution in [3.05, 3.63) is 29.8 Å². The highest BCUT2D eigenvalue weighted by Crippen LogP contribution is 2.58. The molecule has 124 valence electrons. The second kappa shape index (κ2) is 7.50. The molecule has 1 rings (SSSR count). The van der Waals surface area contributed by atoms with Crippen molar-refractivity contribution < 1.29 is 36.3 Å². The fraction of sp³-hybridized carbons (Fsp3) is 0.417. The van der Waals surface area contributed by atoms with Gasteiger partial charge in [0.05, 0.1) is 0 Å². The lowest BCUT2D eigenvalue weighted by Crippen LogP contribution is -2.29. The van der Waals surface area contributed by atoms with Gasteiger partial charge in [-0.15, -0.1) is 0 Å². The van der Waals surface area contributed by atoms with Crippen LogP contribution in [-0.4, -0.2) is 31.5 Å². The minimum absolute atomic E-state index is 0.444. The molecule has 0 radical (unpaired) electrons. The van der Waals surface area contributed by atoms with Crippen LogP contribution >= 0.6 is 19.4 Å². The number of aryl methyl sites for hydroxylation is 1. The molecule has 1 aromatic rings. The normalized spacial score (nSPS) is 13.7. The zero-order chi connectivity index (χ0) is 17.0. The maximum absolute atomic E-state index is 12.3. The highest BCUT2D eigenvalue weighted by Gasteiger charge is 2.47. The molecule has 0 heterocycles. The van der Waals surface area contributed by atoms with E-state index in [2.05, 4.69) is 13.8 Å². The molecule has 0 bridgehead atoms. The Hall–Kier alpha value is -1.02. The Balaban J connectivity index is 3.03. The lowest BCUT2D eigenvalue weighted by atomic mass is 10.2. The monoisotopic (exact) mass is 358 g/mol. The van der Waals surface area contributed by atoms with Crippen molar-refractivity contribution in [1.29, 1.82) is 0 Å². The standard InChI is InChI=1S/C12H14F3O5PS/c1-8-4-6-9(7-5-8)22-11(21(17,18-2)19-3)20-10(16)12(13,14)15/h4-7,11H,1-3H3. The van der Waals surface area contributed by atoms with Crippen molar-refractivity contribution in [2.45, 2.75) is 23.2 Å². The second-order valence-electron chi connectivity index (χ2n) is 4.05. The van der Waals surface area contributed by atoms with E-state index in [4.69, 9.17) is 0 Å². The quantitative estimate of drug-likeness (QED) is 0.332. The lowest BCUT2D eigenvalue weighted by molar-refractivity contribution is -0.199. The Morgan fingerprint density at radius 1 is 1.18 bits per heavy atom. The van der Waals surface area contributed by atoms with E-state index in [9.17, 15) is 22.5 Å². The number of carbonyl (C=O) groups excluding carboxylic acids is 1. The summed E-state index contributed by atoms with van der Waals surface area (Å²) < 4.78 is 62.8. The number of alkyl halides is 3. The number of rotatable bonds is 6. The van der Waals surface area contributed by atoms with Gasteiger partial charge in [0, 0.05) is 19.1 Å². The largest absolute Gasteiger partial charge is 0.490 e. The number of esters is 1. The summed E-state index contributed by atoms with van der Waals surface area (Å²) in [6.07, 6.45) is -5.21. The zero-order valence-corrected chi connectivity index (χ0v) is 13.6. The van der Waals surface area contributed by atoms with Crippen LogP contribution in [0.1, 0.15) is 5.56 Å². The summed E-state index contributed by atoms with van der Waals surface area (Å²) in [7, 11) is -2.08. The fourth-order valence-electron chi connectivity index (χ4n) is 1.29. The summed E-state index contributed by atoms with van der Waals surface area (Å²) in [5.74, 6) is -2.47. The Labute approximate surface area is 129 Å². The smallest absolute Gasteiger partial charge is 0.431 e. The van der Waals surface area contributed by atoms with Crippen molar-refractivity contribution in [3.8, 4) is 0 Å². The molecule has 0 aliphatic heterocycles. The van der Waals surface area contributed by atoms with E-state index in [1.165, 1.54) is 0 Å². The van der Waals surface area contributed by atoms with Crippen LogP contribution in [0.15, 0.2) is 29.2 Å². The molecule has 5 nitrogen and oxygen atoms in total.